The van der Waals surface area contributed by atoms with E-state index in [4.69, 9.17) is 10.5 Å². The topological polar surface area (TPSA) is 73.1 Å². The number of para-hydroxylation sites is 1. The third kappa shape index (κ3) is 3.62. The summed E-state index contributed by atoms with van der Waals surface area (Å²) in [6.07, 6.45) is 3.92. The van der Waals surface area contributed by atoms with Crippen LogP contribution in [0, 0.1) is 0 Å². The van der Waals surface area contributed by atoms with E-state index >= 15 is 0 Å². The molecule has 3 N–H and O–H groups in total. The zero-order chi connectivity index (χ0) is 12.6. The maximum atomic E-state index is 5.71. The molecule has 0 radical (unpaired) electrons. The minimum atomic E-state index is 0.557. The summed E-state index contributed by atoms with van der Waals surface area (Å²) in [5, 5.41) is 3.14. The summed E-state index contributed by atoms with van der Waals surface area (Å²) in [6, 6.07) is 9.75. The summed E-state index contributed by atoms with van der Waals surface area (Å²) in [5.74, 6) is 1.56. The van der Waals surface area contributed by atoms with Gasteiger partial charge in [0.25, 0.3) is 0 Å². The van der Waals surface area contributed by atoms with E-state index in [0.29, 0.717) is 18.1 Å². The quantitative estimate of drug-likeness (QED) is 0.760. The van der Waals surface area contributed by atoms with Crippen LogP contribution in [0.2, 0.25) is 0 Å². The summed E-state index contributed by atoms with van der Waals surface area (Å²) < 4.78 is 5.57. The second kappa shape index (κ2) is 6.44. The molecule has 0 saturated carbocycles. The molecule has 18 heavy (non-hydrogen) atoms. The van der Waals surface area contributed by atoms with Crippen molar-refractivity contribution in [1.82, 2.24) is 9.97 Å². The van der Waals surface area contributed by atoms with Crippen molar-refractivity contribution >= 4 is 11.5 Å². The number of ether oxygens (including phenoxy) is 1. The first-order valence-electron chi connectivity index (χ1n) is 5.83. The summed E-state index contributed by atoms with van der Waals surface area (Å²) in [6.45, 7) is 1.41. The molecule has 0 amide bonds. The Balaban J connectivity index is 1.66. The first-order valence-corrected chi connectivity index (χ1v) is 5.83. The van der Waals surface area contributed by atoms with Crippen molar-refractivity contribution in [3.63, 3.8) is 0 Å². The lowest BCUT2D eigenvalue weighted by Gasteiger charge is -2.08. The van der Waals surface area contributed by atoms with Gasteiger partial charge in [-0.25, -0.2) is 9.97 Å². The average molecular weight is 244 g/mol. The molecule has 0 saturated heterocycles. The van der Waals surface area contributed by atoms with Crippen LogP contribution in [-0.2, 0) is 0 Å². The van der Waals surface area contributed by atoms with Gasteiger partial charge in [0.1, 0.15) is 12.1 Å². The van der Waals surface area contributed by atoms with Crippen LogP contribution in [0.3, 0.4) is 0 Å². The van der Waals surface area contributed by atoms with Crippen molar-refractivity contribution in [3.05, 3.63) is 42.9 Å². The van der Waals surface area contributed by atoms with Gasteiger partial charge in [0.15, 0.2) is 5.82 Å². The van der Waals surface area contributed by atoms with Gasteiger partial charge in [-0.2, -0.15) is 0 Å². The lowest BCUT2D eigenvalue weighted by atomic mass is 10.3. The van der Waals surface area contributed by atoms with E-state index in [2.05, 4.69) is 15.3 Å². The van der Waals surface area contributed by atoms with E-state index in [9.17, 15) is 0 Å². The van der Waals surface area contributed by atoms with Crippen molar-refractivity contribution in [2.45, 2.75) is 6.42 Å². The Hall–Kier alpha value is -2.30. The number of anilines is 2. The maximum Gasteiger partial charge on any atom is 0.152 e. The van der Waals surface area contributed by atoms with Crippen LogP contribution in [0.4, 0.5) is 11.5 Å². The van der Waals surface area contributed by atoms with Gasteiger partial charge < -0.3 is 15.8 Å². The first-order chi connectivity index (χ1) is 8.86. The summed E-state index contributed by atoms with van der Waals surface area (Å²) in [5.41, 5.74) is 6.26. The van der Waals surface area contributed by atoms with E-state index in [1.165, 1.54) is 6.33 Å². The summed E-state index contributed by atoms with van der Waals surface area (Å²) >= 11 is 0. The second-order valence-corrected chi connectivity index (χ2v) is 3.77. The Labute approximate surface area is 106 Å². The predicted molar refractivity (Wildman–Crippen MR) is 71.5 cm³/mol. The van der Waals surface area contributed by atoms with Crippen LogP contribution in [0.15, 0.2) is 42.9 Å². The highest BCUT2D eigenvalue weighted by Crippen LogP contribution is 2.11. The molecule has 0 atom stereocenters. The molecule has 0 aliphatic heterocycles. The van der Waals surface area contributed by atoms with Gasteiger partial charge in [-0.1, -0.05) is 18.2 Å². The molecule has 0 aliphatic rings. The molecule has 0 bridgehead atoms. The fraction of sp³-hybridized carbons (Fsp3) is 0.231. The SMILES string of the molecule is Nc1cncnc1NCCCOc1ccccc1. The highest BCUT2D eigenvalue weighted by atomic mass is 16.5. The molecule has 0 fully saturated rings. The zero-order valence-corrected chi connectivity index (χ0v) is 10.0. The number of rotatable bonds is 6. The van der Waals surface area contributed by atoms with Gasteiger partial charge >= 0.3 is 0 Å². The fourth-order valence-electron chi connectivity index (χ4n) is 1.47. The smallest absolute Gasteiger partial charge is 0.152 e. The highest BCUT2D eigenvalue weighted by molar-refractivity contribution is 5.58. The van der Waals surface area contributed by atoms with E-state index in [-0.39, 0.29) is 0 Å². The van der Waals surface area contributed by atoms with Crippen LogP contribution >= 0.6 is 0 Å². The van der Waals surface area contributed by atoms with Crippen LogP contribution in [0.5, 0.6) is 5.75 Å². The lowest BCUT2D eigenvalue weighted by Crippen LogP contribution is -2.10. The van der Waals surface area contributed by atoms with Gasteiger partial charge in [0.05, 0.1) is 18.5 Å². The van der Waals surface area contributed by atoms with Crippen LogP contribution in [0.1, 0.15) is 6.42 Å². The number of hydrogen-bond acceptors (Lipinski definition) is 5. The van der Waals surface area contributed by atoms with E-state index in [0.717, 1.165) is 18.7 Å². The zero-order valence-electron chi connectivity index (χ0n) is 10.0. The predicted octanol–water partition coefficient (Wildman–Crippen LogP) is 1.94. The first kappa shape index (κ1) is 12.2. The van der Waals surface area contributed by atoms with Gasteiger partial charge in [0.2, 0.25) is 0 Å². The fourth-order valence-corrected chi connectivity index (χ4v) is 1.47. The minimum Gasteiger partial charge on any atom is -0.494 e. The van der Waals surface area contributed by atoms with Crippen LogP contribution in [-0.4, -0.2) is 23.1 Å². The molecule has 94 valence electrons. The Morgan fingerprint density at radius 2 is 2.06 bits per heavy atom. The van der Waals surface area contributed by atoms with Gasteiger partial charge in [-0.3, -0.25) is 0 Å². The molecular formula is C13H16N4O. The van der Waals surface area contributed by atoms with Gasteiger partial charge in [-0.15, -0.1) is 0 Å². The molecule has 5 heteroatoms. The third-order valence-corrected chi connectivity index (χ3v) is 2.37. The van der Waals surface area contributed by atoms with Crippen LogP contribution in [0.25, 0.3) is 0 Å². The number of hydrogen-bond donors (Lipinski definition) is 2. The third-order valence-electron chi connectivity index (χ3n) is 2.37. The normalized spacial score (nSPS) is 10.0. The molecular weight excluding hydrogens is 228 g/mol. The number of nitrogen functional groups attached to an aromatic ring is 1. The Kier molecular flexibility index (Phi) is 4.35. The number of aromatic nitrogens is 2. The molecule has 1 aromatic heterocycles. The lowest BCUT2D eigenvalue weighted by molar-refractivity contribution is 0.315. The largest absolute Gasteiger partial charge is 0.494 e. The monoisotopic (exact) mass is 244 g/mol. The summed E-state index contributed by atoms with van der Waals surface area (Å²) in [7, 11) is 0. The van der Waals surface area contributed by atoms with E-state index in [1.54, 1.807) is 6.20 Å². The average Bonchev–Trinajstić information content (AvgIpc) is 2.42. The molecule has 0 aliphatic carbocycles. The number of nitrogens with two attached hydrogens (primary N) is 1. The van der Waals surface area contributed by atoms with Gasteiger partial charge in [0, 0.05) is 6.54 Å². The highest BCUT2D eigenvalue weighted by Gasteiger charge is 1.98. The maximum absolute atomic E-state index is 5.71. The Morgan fingerprint density at radius 3 is 2.83 bits per heavy atom. The molecule has 0 spiro atoms. The number of nitrogens with zero attached hydrogens (tertiary/aromatic N) is 2. The molecule has 1 heterocycles. The van der Waals surface area contributed by atoms with Crippen molar-refractivity contribution in [1.29, 1.82) is 0 Å². The standard InChI is InChI=1S/C13H16N4O/c14-12-9-15-10-17-13(12)16-7-4-8-18-11-5-2-1-3-6-11/h1-3,5-6,9-10H,4,7-8,14H2,(H,15,16,17). The Bertz CT molecular complexity index is 475. The van der Waals surface area contributed by atoms with Gasteiger partial charge in [-0.05, 0) is 18.6 Å². The number of benzene rings is 1. The molecule has 2 aromatic rings. The molecule has 5 nitrogen and oxygen atoms in total. The van der Waals surface area contributed by atoms with Crippen molar-refractivity contribution in [2.24, 2.45) is 0 Å². The summed E-state index contributed by atoms with van der Waals surface area (Å²) in [4.78, 5) is 7.87. The van der Waals surface area contributed by atoms with Crippen LogP contribution < -0.4 is 15.8 Å². The molecule has 2 rings (SSSR count). The Morgan fingerprint density at radius 1 is 1.22 bits per heavy atom. The number of nitrogens with one attached hydrogen (secondary N) is 1. The molecule has 1 aromatic carbocycles. The second-order valence-electron chi connectivity index (χ2n) is 3.77. The van der Waals surface area contributed by atoms with Crippen molar-refractivity contribution in [2.75, 3.05) is 24.2 Å². The van der Waals surface area contributed by atoms with Crippen molar-refractivity contribution < 1.29 is 4.74 Å². The minimum absolute atomic E-state index is 0.557. The van der Waals surface area contributed by atoms with Crippen molar-refractivity contribution in [3.8, 4) is 5.75 Å². The van der Waals surface area contributed by atoms with E-state index in [1.807, 2.05) is 30.3 Å². The molecule has 0 unspecified atom stereocenters. The van der Waals surface area contributed by atoms with E-state index < -0.39 is 0 Å².